The van der Waals surface area contributed by atoms with Crippen molar-refractivity contribution in [1.29, 1.82) is 0 Å². The summed E-state index contributed by atoms with van der Waals surface area (Å²) in [5.41, 5.74) is 3.44. The number of hydrogen-bond donors (Lipinski definition) is 1. The van der Waals surface area contributed by atoms with Gasteiger partial charge in [-0.2, -0.15) is 0 Å². The van der Waals surface area contributed by atoms with Crippen LogP contribution in [0.15, 0.2) is 54.6 Å². The molecule has 0 radical (unpaired) electrons. The molecule has 0 atom stereocenters. The van der Waals surface area contributed by atoms with Gasteiger partial charge in [0.25, 0.3) is 0 Å². The van der Waals surface area contributed by atoms with E-state index in [2.05, 4.69) is 31.3 Å². The Hall–Kier alpha value is -2.06. The Morgan fingerprint density at radius 1 is 1.17 bits per heavy atom. The fourth-order valence-corrected chi connectivity index (χ4v) is 2.46. The third-order valence-electron chi connectivity index (χ3n) is 3.63. The molecule has 0 aliphatic carbocycles. The maximum Gasteiger partial charge on any atom is 0.244 e. The predicted molar refractivity (Wildman–Crippen MR) is 97.7 cm³/mol. The molecule has 0 aliphatic heterocycles. The molecule has 0 saturated carbocycles. The van der Waals surface area contributed by atoms with Gasteiger partial charge in [-0.3, -0.25) is 4.79 Å². The molecule has 0 heterocycles. The van der Waals surface area contributed by atoms with Crippen LogP contribution in [0.2, 0.25) is 5.02 Å². The first-order valence-corrected chi connectivity index (χ1v) is 8.22. The maximum absolute atomic E-state index is 11.8. The van der Waals surface area contributed by atoms with Crippen LogP contribution in [-0.4, -0.2) is 12.5 Å². The van der Waals surface area contributed by atoms with Crippen molar-refractivity contribution >= 4 is 23.6 Å². The smallest absolute Gasteiger partial charge is 0.244 e. The SMILES string of the molecule is CC(C)c1ccc(/C=C/C(=O)NCCc2cccc(Cl)c2)cc1. The molecule has 2 aromatic carbocycles. The van der Waals surface area contributed by atoms with Gasteiger partial charge in [0.2, 0.25) is 5.91 Å². The van der Waals surface area contributed by atoms with Crippen LogP contribution < -0.4 is 5.32 Å². The molecule has 0 aliphatic rings. The zero-order valence-corrected chi connectivity index (χ0v) is 14.3. The zero-order valence-electron chi connectivity index (χ0n) is 13.6. The molecule has 0 aromatic heterocycles. The molecule has 0 fully saturated rings. The minimum absolute atomic E-state index is 0.0834. The van der Waals surface area contributed by atoms with Gasteiger partial charge in [0, 0.05) is 17.6 Å². The molecule has 0 bridgehead atoms. The summed E-state index contributed by atoms with van der Waals surface area (Å²) >= 11 is 5.94. The second-order valence-electron chi connectivity index (χ2n) is 5.83. The molecule has 2 nitrogen and oxygen atoms in total. The van der Waals surface area contributed by atoms with Gasteiger partial charge in [0.05, 0.1) is 0 Å². The summed E-state index contributed by atoms with van der Waals surface area (Å²) in [6, 6.07) is 15.9. The summed E-state index contributed by atoms with van der Waals surface area (Å²) in [6.45, 7) is 4.92. The Morgan fingerprint density at radius 3 is 2.57 bits per heavy atom. The van der Waals surface area contributed by atoms with Crippen LogP contribution in [-0.2, 0) is 11.2 Å². The fourth-order valence-electron chi connectivity index (χ4n) is 2.25. The van der Waals surface area contributed by atoms with Crippen molar-refractivity contribution in [3.8, 4) is 0 Å². The number of carbonyl (C=O) groups excluding carboxylic acids is 1. The lowest BCUT2D eigenvalue weighted by Crippen LogP contribution is -2.23. The van der Waals surface area contributed by atoms with Crippen LogP contribution in [0.1, 0.15) is 36.5 Å². The Kier molecular flexibility index (Phi) is 6.42. The highest BCUT2D eigenvalue weighted by Crippen LogP contribution is 2.15. The van der Waals surface area contributed by atoms with Crippen molar-refractivity contribution in [2.75, 3.05) is 6.54 Å². The highest BCUT2D eigenvalue weighted by atomic mass is 35.5. The minimum atomic E-state index is -0.0834. The summed E-state index contributed by atoms with van der Waals surface area (Å²) in [6.07, 6.45) is 4.17. The highest BCUT2D eigenvalue weighted by Gasteiger charge is 1.99. The number of rotatable bonds is 6. The first kappa shape index (κ1) is 17.3. The van der Waals surface area contributed by atoms with Gasteiger partial charge < -0.3 is 5.32 Å². The largest absolute Gasteiger partial charge is 0.352 e. The molecular formula is C20H22ClNO. The van der Waals surface area contributed by atoms with E-state index in [1.807, 2.05) is 42.5 Å². The van der Waals surface area contributed by atoms with Crippen molar-refractivity contribution in [1.82, 2.24) is 5.32 Å². The molecule has 3 heteroatoms. The third-order valence-corrected chi connectivity index (χ3v) is 3.87. The molecule has 23 heavy (non-hydrogen) atoms. The van der Waals surface area contributed by atoms with Gasteiger partial charge in [0.1, 0.15) is 0 Å². The molecule has 2 rings (SSSR count). The van der Waals surface area contributed by atoms with E-state index in [1.165, 1.54) is 5.56 Å². The van der Waals surface area contributed by atoms with Crippen LogP contribution in [0.25, 0.3) is 6.08 Å². The first-order chi connectivity index (χ1) is 11.0. The standard InChI is InChI=1S/C20H22ClNO/c1-15(2)18-9-6-16(7-10-18)8-11-20(23)22-13-12-17-4-3-5-19(21)14-17/h3-11,14-15H,12-13H2,1-2H3,(H,22,23)/b11-8+. The molecule has 0 unspecified atom stereocenters. The molecule has 2 aromatic rings. The lowest BCUT2D eigenvalue weighted by molar-refractivity contribution is -0.116. The molecule has 0 spiro atoms. The maximum atomic E-state index is 11.8. The zero-order chi connectivity index (χ0) is 16.7. The van der Waals surface area contributed by atoms with E-state index in [-0.39, 0.29) is 5.91 Å². The molecule has 1 N–H and O–H groups in total. The second kappa shape index (κ2) is 8.54. The quantitative estimate of drug-likeness (QED) is 0.756. The summed E-state index contributed by atoms with van der Waals surface area (Å²) in [7, 11) is 0. The van der Waals surface area contributed by atoms with Gasteiger partial charge in [0.15, 0.2) is 0 Å². The lowest BCUT2D eigenvalue weighted by atomic mass is 10.0. The van der Waals surface area contributed by atoms with Crippen molar-refractivity contribution in [2.45, 2.75) is 26.2 Å². The Labute approximate surface area is 143 Å². The van der Waals surface area contributed by atoms with Crippen molar-refractivity contribution in [2.24, 2.45) is 0 Å². The van der Waals surface area contributed by atoms with E-state index in [1.54, 1.807) is 6.08 Å². The molecule has 120 valence electrons. The van der Waals surface area contributed by atoms with Crippen molar-refractivity contribution in [3.05, 3.63) is 76.3 Å². The van der Waals surface area contributed by atoms with Crippen LogP contribution in [0.5, 0.6) is 0 Å². The summed E-state index contributed by atoms with van der Waals surface area (Å²) in [5, 5.41) is 3.60. The third kappa shape index (κ3) is 5.91. The number of nitrogens with one attached hydrogen (secondary N) is 1. The van der Waals surface area contributed by atoms with Crippen molar-refractivity contribution < 1.29 is 4.79 Å². The molecular weight excluding hydrogens is 306 g/mol. The second-order valence-corrected chi connectivity index (χ2v) is 6.26. The number of amides is 1. The van der Waals surface area contributed by atoms with Gasteiger partial charge in [-0.1, -0.05) is 61.8 Å². The molecule has 0 saturated heterocycles. The number of hydrogen-bond acceptors (Lipinski definition) is 1. The van der Waals surface area contributed by atoms with E-state index >= 15 is 0 Å². The van der Waals surface area contributed by atoms with E-state index in [9.17, 15) is 4.79 Å². The summed E-state index contributed by atoms with van der Waals surface area (Å²) < 4.78 is 0. The van der Waals surface area contributed by atoms with Crippen LogP contribution in [0.3, 0.4) is 0 Å². The number of carbonyl (C=O) groups is 1. The molecule has 1 amide bonds. The van der Waals surface area contributed by atoms with Gasteiger partial charge in [-0.05, 0) is 47.2 Å². The van der Waals surface area contributed by atoms with E-state index in [0.717, 1.165) is 22.6 Å². The van der Waals surface area contributed by atoms with Gasteiger partial charge >= 0.3 is 0 Å². The Balaban J connectivity index is 1.80. The Morgan fingerprint density at radius 2 is 1.91 bits per heavy atom. The predicted octanol–water partition coefficient (Wildman–Crippen LogP) is 4.84. The normalized spacial score (nSPS) is 11.1. The van der Waals surface area contributed by atoms with Crippen molar-refractivity contribution in [3.63, 3.8) is 0 Å². The lowest BCUT2D eigenvalue weighted by Gasteiger charge is -2.05. The average Bonchev–Trinajstić information content (AvgIpc) is 2.53. The van der Waals surface area contributed by atoms with Crippen LogP contribution in [0, 0.1) is 0 Å². The highest BCUT2D eigenvalue weighted by molar-refractivity contribution is 6.30. The topological polar surface area (TPSA) is 29.1 Å². The minimum Gasteiger partial charge on any atom is -0.352 e. The Bertz CT molecular complexity index is 674. The van der Waals surface area contributed by atoms with E-state index in [0.29, 0.717) is 12.5 Å². The fraction of sp³-hybridized carbons (Fsp3) is 0.250. The van der Waals surface area contributed by atoms with Crippen LogP contribution >= 0.6 is 11.6 Å². The van der Waals surface area contributed by atoms with E-state index < -0.39 is 0 Å². The number of halogens is 1. The van der Waals surface area contributed by atoms with Crippen LogP contribution in [0.4, 0.5) is 0 Å². The number of benzene rings is 2. The first-order valence-electron chi connectivity index (χ1n) is 7.85. The van der Waals surface area contributed by atoms with Gasteiger partial charge in [-0.25, -0.2) is 0 Å². The summed E-state index contributed by atoms with van der Waals surface area (Å²) in [5.74, 6) is 0.433. The monoisotopic (exact) mass is 327 g/mol. The van der Waals surface area contributed by atoms with Gasteiger partial charge in [-0.15, -0.1) is 0 Å². The summed E-state index contributed by atoms with van der Waals surface area (Å²) in [4.78, 5) is 11.8. The average molecular weight is 328 g/mol. The van der Waals surface area contributed by atoms with E-state index in [4.69, 9.17) is 11.6 Å².